The first-order chi connectivity index (χ1) is 16.5. The Morgan fingerprint density at radius 3 is 0.824 bits per heavy atom. The molecule has 2 N–H and O–H groups in total. The zero-order valence-electron chi connectivity index (χ0n) is 22.9. The molecule has 0 aliphatic heterocycles. The Morgan fingerprint density at radius 2 is 0.618 bits per heavy atom. The fourth-order valence-corrected chi connectivity index (χ4v) is 5.00. The van der Waals surface area contributed by atoms with Gasteiger partial charge in [0, 0.05) is 0 Å². The molecule has 4 nitrogen and oxygen atoms in total. The second-order valence-corrected chi connectivity index (χ2v) is 10.6. The zero-order chi connectivity index (χ0) is 25.3. The highest BCUT2D eigenvalue weighted by Gasteiger charge is 2.45. The molecule has 0 spiro atoms. The number of unbranched alkanes of at least 4 members (excludes halogenated alkanes) is 21. The first-order valence-electron chi connectivity index (χ1n) is 15.0. The minimum absolute atomic E-state index is 0.268. The van der Waals surface area contributed by atoms with Gasteiger partial charge < -0.3 is 10.2 Å². The minimum atomic E-state index is -1.58. The van der Waals surface area contributed by atoms with Gasteiger partial charge in [-0.05, 0) is 12.8 Å². The van der Waals surface area contributed by atoms with E-state index in [-0.39, 0.29) is 12.8 Å². The number of hydrogen-bond donors (Lipinski definition) is 2. The average molecular weight is 483 g/mol. The molecule has 0 saturated carbocycles. The first kappa shape index (κ1) is 32.9. The molecule has 0 saturated heterocycles. The third-order valence-electron chi connectivity index (χ3n) is 7.48. The van der Waals surface area contributed by atoms with Crippen molar-refractivity contribution in [3.8, 4) is 0 Å². The molecule has 0 fully saturated rings. The summed E-state index contributed by atoms with van der Waals surface area (Å²) >= 11 is 0. The molecular weight excluding hydrogens is 424 g/mol. The summed E-state index contributed by atoms with van der Waals surface area (Å²) in [5.41, 5.74) is -1.58. The fourth-order valence-electron chi connectivity index (χ4n) is 5.00. The van der Waals surface area contributed by atoms with Gasteiger partial charge in [0.15, 0.2) is 5.41 Å². The summed E-state index contributed by atoms with van der Waals surface area (Å²) in [4.78, 5) is 23.8. The Labute approximate surface area is 211 Å². The quantitative estimate of drug-likeness (QED) is 0.0902. The Balaban J connectivity index is 3.81. The van der Waals surface area contributed by atoms with E-state index in [1.165, 1.54) is 109 Å². The van der Waals surface area contributed by atoms with E-state index in [2.05, 4.69) is 13.8 Å². The molecule has 34 heavy (non-hydrogen) atoms. The van der Waals surface area contributed by atoms with E-state index in [0.717, 1.165) is 25.7 Å². The molecule has 0 aliphatic carbocycles. The van der Waals surface area contributed by atoms with Crippen LogP contribution >= 0.6 is 0 Å². The highest BCUT2D eigenvalue weighted by atomic mass is 16.4. The monoisotopic (exact) mass is 482 g/mol. The number of carboxylic acid groups (broad SMARTS) is 2. The van der Waals surface area contributed by atoms with Gasteiger partial charge in [0.05, 0.1) is 0 Å². The number of hydrogen-bond acceptors (Lipinski definition) is 2. The normalized spacial score (nSPS) is 11.7. The average Bonchev–Trinajstić information content (AvgIpc) is 2.81. The van der Waals surface area contributed by atoms with Gasteiger partial charge in [-0.15, -0.1) is 0 Å². The van der Waals surface area contributed by atoms with Crippen LogP contribution in [0.1, 0.15) is 174 Å². The summed E-state index contributed by atoms with van der Waals surface area (Å²) in [5.74, 6) is -2.29. The highest BCUT2D eigenvalue weighted by molar-refractivity contribution is 5.98. The maximum Gasteiger partial charge on any atom is 0.321 e. The molecule has 0 bridgehead atoms. The molecule has 4 heteroatoms. The van der Waals surface area contributed by atoms with Crippen LogP contribution in [-0.4, -0.2) is 22.2 Å². The predicted octanol–water partition coefficient (Wildman–Crippen LogP) is 9.93. The van der Waals surface area contributed by atoms with Gasteiger partial charge in [-0.1, -0.05) is 162 Å². The molecule has 0 atom stereocenters. The van der Waals surface area contributed by atoms with Crippen LogP contribution < -0.4 is 0 Å². The van der Waals surface area contributed by atoms with Crippen LogP contribution in [0.3, 0.4) is 0 Å². The number of carboxylic acids is 2. The number of rotatable bonds is 27. The molecule has 0 rings (SSSR count). The van der Waals surface area contributed by atoms with Gasteiger partial charge in [0.2, 0.25) is 0 Å². The lowest BCUT2D eigenvalue weighted by atomic mass is 9.78. The summed E-state index contributed by atoms with van der Waals surface area (Å²) in [6.07, 6.45) is 28.3. The highest BCUT2D eigenvalue weighted by Crippen LogP contribution is 2.33. The van der Waals surface area contributed by atoms with Crippen molar-refractivity contribution < 1.29 is 19.8 Å². The SMILES string of the molecule is CCCCCCCCCCCCCCCCCCC(CCCCCCCCC)(C(=O)O)C(=O)O. The lowest BCUT2D eigenvalue weighted by Gasteiger charge is -2.25. The van der Waals surface area contributed by atoms with Crippen molar-refractivity contribution in [1.82, 2.24) is 0 Å². The van der Waals surface area contributed by atoms with Crippen molar-refractivity contribution in [2.24, 2.45) is 5.41 Å². The topological polar surface area (TPSA) is 74.6 Å². The molecule has 0 heterocycles. The Kier molecular flexibility index (Phi) is 22.9. The third kappa shape index (κ3) is 17.4. The van der Waals surface area contributed by atoms with Gasteiger partial charge in [-0.2, -0.15) is 0 Å². The lowest BCUT2D eigenvalue weighted by Crippen LogP contribution is -2.39. The van der Waals surface area contributed by atoms with Crippen LogP contribution in [0.4, 0.5) is 0 Å². The van der Waals surface area contributed by atoms with Gasteiger partial charge >= 0.3 is 11.9 Å². The van der Waals surface area contributed by atoms with Crippen LogP contribution in [0.15, 0.2) is 0 Å². The summed E-state index contributed by atoms with van der Waals surface area (Å²) in [6, 6.07) is 0. The van der Waals surface area contributed by atoms with E-state index in [9.17, 15) is 19.8 Å². The summed E-state index contributed by atoms with van der Waals surface area (Å²) in [6.45, 7) is 4.45. The first-order valence-corrected chi connectivity index (χ1v) is 15.0. The maximum atomic E-state index is 11.9. The van der Waals surface area contributed by atoms with Crippen molar-refractivity contribution >= 4 is 11.9 Å². The maximum absolute atomic E-state index is 11.9. The van der Waals surface area contributed by atoms with Crippen molar-refractivity contribution in [2.45, 2.75) is 174 Å². The van der Waals surface area contributed by atoms with Crippen LogP contribution in [0.2, 0.25) is 0 Å². The summed E-state index contributed by atoms with van der Waals surface area (Å²) < 4.78 is 0. The van der Waals surface area contributed by atoms with E-state index in [0.29, 0.717) is 12.8 Å². The van der Waals surface area contributed by atoms with Crippen molar-refractivity contribution in [1.29, 1.82) is 0 Å². The van der Waals surface area contributed by atoms with E-state index in [1.54, 1.807) is 0 Å². The second-order valence-electron chi connectivity index (χ2n) is 10.6. The molecule has 0 radical (unpaired) electrons. The summed E-state index contributed by atoms with van der Waals surface area (Å²) in [7, 11) is 0. The molecule has 0 aromatic rings. The van der Waals surface area contributed by atoms with Crippen molar-refractivity contribution in [2.75, 3.05) is 0 Å². The van der Waals surface area contributed by atoms with Crippen LogP contribution in [0.25, 0.3) is 0 Å². The van der Waals surface area contributed by atoms with Gasteiger partial charge in [0.1, 0.15) is 0 Å². The van der Waals surface area contributed by atoms with Crippen LogP contribution in [0, 0.1) is 5.41 Å². The Bertz CT molecular complexity index is 460. The van der Waals surface area contributed by atoms with Crippen molar-refractivity contribution in [3.63, 3.8) is 0 Å². The largest absolute Gasteiger partial charge is 0.480 e. The number of carbonyl (C=O) groups is 2. The van der Waals surface area contributed by atoms with E-state index < -0.39 is 17.4 Å². The molecule has 0 aromatic heterocycles. The fraction of sp³-hybridized carbons (Fsp3) is 0.933. The molecule has 202 valence electrons. The van der Waals surface area contributed by atoms with Gasteiger partial charge in [0.25, 0.3) is 0 Å². The number of aliphatic carboxylic acids is 2. The molecule has 0 amide bonds. The van der Waals surface area contributed by atoms with Crippen LogP contribution in [-0.2, 0) is 9.59 Å². The zero-order valence-corrected chi connectivity index (χ0v) is 22.9. The predicted molar refractivity (Wildman–Crippen MR) is 144 cm³/mol. The van der Waals surface area contributed by atoms with E-state index in [4.69, 9.17) is 0 Å². The minimum Gasteiger partial charge on any atom is -0.480 e. The third-order valence-corrected chi connectivity index (χ3v) is 7.48. The smallest absolute Gasteiger partial charge is 0.321 e. The van der Waals surface area contributed by atoms with E-state index >= 15 is 0 Å². The van der Waals surface area contributed by atoms with Crippen molar-refractivity contribution in [3.05, 3.63) is 0 Å². The molecule has 0 aromatic carbocycles. The lowest BCUT2D eigenvalue weighted by molar-refractivity contribution is -0.166. The molecule has 0 aliphatic rings. The van der Waals surface area contributed by atoms with Gasteiger partial charge in [-0.25, -0.2) is 0 Å². The van der Waals surface area contributed by atoms with Crippen LogP contribution in [0.5, 0.6) is 0 Å². The molecule has 0 unspecified atom stereocenters. The Hall–Kier alpha value is -1.06. The van der Waals surface area contributed by atoms with E-state index in [1.807, 2.05) is 0 Å². The molecular formula is C30H58O4. The standard InChI is InChI=1S/C30H58O4/c1-3-5-7-9-11-12-13-14-15-16-17-18-19-21-23-25-27-30(28(31)32,29(33)34)26-24-22-20-10-8-6-4-2/h3-27H2,1-2H3,(H,31,32)(H,33,34). The van der Waals surface area contributed by atoms with Gasteiger partial charge in [-0.3, -0.25) is 9.59 Å². The Morgan fingerprint density at radius 1 is 0.412 bits per heavy atom. The second kappa shape index (κ2) is 23.7. The summed E-state index contributed by atoms with van der Waals surface area (Å²) in [5, 5.41) is 19.4.